The number of carbonyl (C=O) groups is 1. The van der Waals surface area contributed by atoms with Crippen LogP contribution in [0.5, 0.6) is 5.75 Å². The molecule has 0 aliphatic carbocycles. The van der Waals surface area contributed by atoms with Gasteiger partial charge in [0, 0.05) is 18.7 Å². The molecule has 0 radical (unpaired) electrons. The molecule has 9 heteroatoms. The van der Waals surface area contributed by atoms with Crippen molar-refractivity contribution in [3.8, 4) is 5.75 Å². The van der Waals surface area contributed by atoms with Crippen LogP contribution in [0.1, 0.15) is 28.0 Å². The predicted octanol–water partition coefficient (Wildman–Crippen LogP) is 2.52. The summed E-state index contributed by atoms with van der Waals surface area (Å²) in [4.78, 5) is 17.9. The Labute approximate surface area is 128 Å². The Morgan fingerprint density at radius 2 is 1.96 bits per heavy atom. The molecule has 0 atom stereocenters. The molecule has 3 rings (SSSR count). The van der Waals surface area contributed by atoms with Crippen LogP contribution in [-0.2, 0) is 0 Å². The molecular weight excluding hydrogens is 315 g/mol. The van der Waals surface area contributed by atoms with E-state index in [-0.39, 0.29) is 17.6 Å². The van der Waals surface area contributed by atoms with E-state index in [9.17, 15) is 18.0 Å². The molecular formula is C14H12F3N3O3. The van der Waals surface area contributed by atoms with Gasteiger partial charge in [0.1, 0.15) is 5.75 Å². The minimum absolute atomic E-state index is 0.00649. The molecule has 0 bridgehead atoms. The van der Waals surface area contributed by atoms with Crippen molar-refractivity contribution in [2.75, 3.05) is 13.1 Å². The van der Waals surface area contributed by atoms with Crippen LogP contribution in [0, 0.1) is 6.92 Å². The van der Waals surface area contributed by atoms with Gasteiger partial charge in [-0.25, -0.2) is 0 Å². The largest absolute Gasteiger partial charge is 0.573 e. The number of rotatable bonds is 3. The van der Waals surface area contributed by atoms with Crippen molar-refractivity contribution in [1.29, 1.82) is 0 Å². The molecule has 6 nitrogen and oxygen atoms in total. The molecule has 1 amide bonds. The first-order chi connectivity index (χ1) is 10.8. The number of alkyl halides is 3. The van der Waals surface area contributed by atoms with Gasteiger partial charge in [0.15, 0.2) is 5.82 Å². The fourth-order valence-corrected chi connectivity index (χ4v) is 2.26. The fourth-order valence-electron chi connectivity index (χ4n) is 2.26. The number of likely N-dealkylation sites (tertiary alicyclic amines) is 1. The summed E-state index contributed by atoms with van der Waals surface area (Å²) < 4.78 is 45.0. The van der Waals surface area contributed by atoms with Crippen molar-refractivity contribution >= 4 is 5.91 Å². The van der Waals surface area contributed by atoms with Crippen LogP contribution in [0.25, 0.3) is 0 Å². The van der Waals surface area contributed by atoms with Crippen molar-refractivity contribution in [2.45, 2.75) is 19.2 Å². The lowest BCUT2D eigenvalue weighted by Crippen LogP contribution is -2.48. The lowest BCUT2D eigenvalue weighted by atomic mass is 9.99. The number of hydrogen-bond donors (Lipinski definition) is 0. The molecule has 122 valence electrons. The number of halogens is 3. The second-order valence-corrected chi connectivity index (χ2v) is 5.16. The predicted molar refractivity (Wildman–Crippen MR) is 70.8 cm³/mol. The van der Waals surface area contributed by atoms with Crippen LogP contribution in [-0.4, -0.2) is 40.4 Å². The molecule has 0 unspecified atom stereocenters. The van der Waals surface area contributed by atoms with Gasteiger partial charge in [0.2, 0.25) is 5.89 Å². The highest BCUT2D eigenvalue weighted by Crippen LogP contribution is 2.28. The summed E-state index contributed by atoms with van der Waals surface area (Å²) in [6, 6.07) is 4.82. The summed E-state index contributed by atoms with van der Waals surface area (Å²) in [7, 11) is 0. The number of hydrogen-bond acceptors (Lipinski definition) is 5. The Morgan fingerprint density at radius 1 is 1.30 bits per heavy atom. The van der Waals surface area contributed by atoms with Crippen molar-refractivity contribution in [3.63, 3.8) is 0 Å². The number of aromatic nitrogens is 2. The SMILES string of the molecule is Cc1noc(C2CN(C(=O)c3ccc(OC(F)(F)F)cc3)C2)n1. The molecule has 1 aliphatic heterocycles. The highest BCUT2D eigenvalue weighted by molar-refractivity contribution is 5.95. The molecule has 23 heavy (non-hydrogen) atoms. The van der Waals surface area contributed by atoms with Gasteiger partial charge in [-0.15, -0.1) is 13.2 Å². The van der Waals surface area contributed by atoms with Crippen molar-refractivity contribution in [3.05, 3.63) is 41.5 Å². The van der Waals surface area contributed by atoms with Crippen LogP contribution in [0.3, 0.4) is 0 Å². The van der Waals surface area contributed by atoms with Crippen LogP contribution in [0.15, 0.2) is 28.8 Å². The minimum Gasteiger partial charge on any atom is -0.406 e. The summed E-state index contributed by atoms with van der Waals surface area (Å²) in [5.41, 5.74) is 0.291. The number of nitrogens with zero attached hydrogens (tertiary/aromatic N) is 3. The van der Waals surface area contributed by atoms with Gasteiger partial charge in [-0.1, -0.05) is 5.16 Å². The van der Waals surface area contributed by atoms with Crippen LogP contribution in [0.2, 0.25) is 0 Å². The van der Waals surface area contributed by atoms with Gasteiger partial charge in [-0.05, 0) is 31.2 Å². The monoisotopic (exact) mass is 327 g/mol. The number of aryl methyl sites for hydroxylation is 1. The third-order valence-electron chi connectivity index (χ3n) is 3.40. The van der Waals surface area contributed by atoms with Gasteiger partial charge < -0.3 is 14.2 Å². The van der Waals surface area contributed by atoms with E-state index in [1.807, 2.05) is 0 Å². The maximum Gasteiger partial charge on any atom is 0.573 e. The number of carbonyl (C=O) groups excluding carboxylic acids is 1. The van der Waals surface area contributed by atoms with Gasteiger partial charge >= 0.3 is 6.36 Å². The third-order valence-corrected chi connectivity index (χ3v) is 3.40. The average Bonchev–Trinajstić information content (AvgIpc) is 2.82. The normalized spacial score (nSPS) is 15.4. The first kappa shape index (κ1) is 15.3. The van der Waals surface area contributed by atoms with Crippen molar-refractivity contribution in [1.82, 2.24) is 15.0 Å². The van der Waals surface area contributed by atoms with E-state index in [0.717, 1.165) is 12.1 Å². The summed E-state index contributed by atoms with van der Waals surface area (Å²) in [6.07, 6.45) is -4.75. The lowest BCUT2D eigenvalue weighted by Gasteiger charge is -2.37. The summed E-state index contributed by atoms with van der Waals surface area (Å²) >= 11 is 0. The van der Waals surface area contributed by atoms with Gasteiger partial charge in [0.05, 0.1) is 5.92 Å². The smallest absolute Gasteiger partial charge is 0.406 e. The average molecular weight is 327 g/mol. The zero-order valence-corrected chi connectivity index (χ0v) is 12.0. The van der Waals surface area contributed by atoms with Crippen LogP contribution >= 0.6 is 0 Å². The maximum absolute atomic E-state index is 12.2. The second kappa shape index (κ2) is 5.56. The molecule has 2 aromatic rings. The summed E-state index contributed by atoms with van der Waals surface area (Å²) in [5, 5.41) is 3.69. The van der Waals surface area contributed by atoms with Gasteiger partial charge in [-0.2, -0.15) is 4.98 Å². The molecule has 0 N–H and O–H groups in total. The molecule has 0 saturated carbocycles. The lowest BCUT2D eigenvalue weighted by molar-refractivity contribution is -0.274. The molecule has 1 aromatic heterocycles. The Bertz CT molecular complexity index is 706. The van der Waals surface area contributed by atoms with Crippen molar-refractivity contribution in [2.24, 2.45) is 0 Å². The van der Waals surface area contributed by atoms with E-state index < -0.39 is 6.36 Å². The number of ether oxygens (including phenoxy) is 1. The molecule has 1 aliphatic rings. The van der Waals surface area contributed by atoms with Gasteiger partial charge in [0.25, 0.3) is 5.91 Å². The van der Waals surface area contributed by atoms with Crippen LogP contribution in [0.4, 0.5) is 13.2 Å². The second-order valence-electron chi connectivity index (χ2n) is 5.16. The van der Waals surface area contributed by atoms with E-state index in [1.54, 1.807) is 11.8 Å². The fraction of sp³-hybridized carbons (Fsp3) is 0.357. The first-order valence-electron chi connectivity index (χ1n) is 6.77. The van der Waals surface area contributed by atoms with E-state index >= 15 is 0 Å². The Hall–Kier alpha value is -2.58. The molecule has 1 fully saturated rings. The van der Waals surface area contributed by atoms with Crippen LogP contribution < -0.4 is 4.74 Å². The minimum atomic E-state index is -4.75. The summed E-state index contributed by atoms with van der Waals surface area (Å²) in [6.45, 7) is 2.57. The quantitative estimate of drug-likeness (QED) is 0.866. The zero-order chi connectivity index (χ0) is 16.6. The van der Waals surface area contributed by atoms with E-state index in [0.29, 0.717) is 30.4 Å². The highest BCUT2D eigenvalue weighted by atomic mass is 19.4. The summed E-state index contributed by atoms with van der Waals surface area (Å²) in [5.74, 6) is 0.381. The number of amides is 1. The van der Waals surface area contributed by atoms with Crippen molar-refractivity contribution < 1.29 is 27.2 Å². The molecule has 1 saturated heterocycles. The van der Waals surface area contributed by atoms with E-state index in [2.05, 4.69) is 14.9 Å². The molecule has 0 spiro atoms. The zero-order valence-electron chi connectivity index (χ0n) is 12.0. The van der Waals surface area contributed by atoms with E-state index in [1.165, 1.54) is 12.1 Å². The number of benzene rings is 1. The maximum atomic E-state index is 12.2. The Kier molecular flexibility index (Phi) is 3.70. The third kappa shape index (κ3) is 3.43. The Balaban J connectivity index is 1.59. The first-order valence-corrected chi connectivity index (χ1v) is 6.77. The van der Waals surface area contributed by atoms with Gasteiger partial charge in [-0.3, -0.25) is 4.79 Å². The molecule has 2 heterocycles. The van der Waals surface area contributed by atoms with E-state index in [4.69, 9.17) is 4.52 Å². The standard InChI is InChI=1S/C14H12F3N3O3/c1-8-18-12(23-19-8)10-6-20(7-10)13(21)9-2-4-11(5-3-9)22-14(15,16)17/h2-5,10H,6-7H2,1H3. The molecule has 1 aromatic carbocycles. The Morgan fingerprint density at radius 3 is 2.48 bits per heavy atom. The topological polar surface area (TPSA) is 68.5 Å². The highest BCUT2D eigenvalue weighted by Gasteiger charge is 2.36.